The topological polar surface area (TPSA) is 45.3 Å². The van der Waals surface area contributed by atoms with Crippen molar-refractivity contribution in [3.63, 3.8) is 0 Å². The lowest BCUT2D eigenvalue weighted by Gasteiger charge is -2.21. The highest BCUT2D eigenvalue weighted by Crippen LogP contribution is 2.29. The lowest BCUT2D eigenvalue weighted by Crippen LogP contribution is -2.32. The van der Waals surface area contributed by atoms with Crippen molar-refractivity contribution in [3.8, 4) is 5.75 Å². The molecule has 130 valence electrons. The number of hydrogen-bond donors (Lipinski definition) is 3. The van der Waals surface area contributed by atoms with Gasteiger partial charge in [0, 0.05) is 18.5 Å². The molecule has 1 aliphatic rings. The highest BCUT2D eigenvalue weighted by atomic mass is 16.5. The Morgan fingerprint density at radius 1 is 1.04 bits per heavy atom. The maximum absolute atomic E-state index is 5.83. The second-order valence-electron chi connectivity index (χ2n) is 6.50. The fourth-order valence-electron chi connectivity index (χ4n) is 3.15. The van der Waals surface area contributed by atoms with Crippen molar-refractivity contribution in [2.45, 2.75) is 58.5 Å². The summed E-state index contributed by atoms with van der Waals surface area (Å²) in [4.78, 5) is 0. The number of rotatable bonds is 10. The third-order valence-corrected chi connectivity index (χ3v) is 4.67. The average molecular weight is 319 g/mol. The van der Waals surface area contributed by atoms with E-state index in [9.17, 15) is 0 Å². The molecule has 0 bridgehead atoms. The van der Waals surface area contributed by atoms with E-state index in [0.29, 0.717) is 18.0 Å². The van der Waals surface area contributed by atoms with E-state index in [1.165, 1.54) is 24.8 Å². The summed E-state index contributed by atoms with van der Waals surface area (Å²) in [5.74, 6) is 1.53. The Morgan fingerprint density at radius 2 is 1.83 bits per heavy atom. The van der Waals surface area contributed by atoms with E-state index in [4.69, 9.17) is 4.74 Å². The van der Waals surface area contributed by atoms with Crippen LogP contribution >= 0.6 is 0 Å². The third kappa shape index (κ3) is 5.48. The molecule has 1 fully saturated rings. The number of nitrogens with one attached hydrogen (secondary N) is 3. The van der Waals surface area contributed by atoms with Crippen molar-refractivity contribution in [2.75, 3.05) is 19.7 Å². The molecule has 1 heterocycles. The zero-order valence-corrected chi connectivity index (χ0v) is 14.9. The molecular weight excluding hydrogens is 286 g/mol. The van der Waals surface area contributed by atoms with Crippen molar-refractivity contribution in [2.24, 2.45) is 5.92 Å². The summed E-state index contributed by atoms with van der Waals surface area (Å²) < 4.78 is 5.83. The maximum atomic E-state index is 5.83. The van der Waals surface area contributed by atoms with Gasteiger partial charge in [0.25, 0.3) is 0 Å². The molecule has 4 heteroatoms. The van der Waals surface area contributed by atoms with Gasteiger partial charge in [0.05, 0.1) is 12.6 Å². The minimum Gasteiger partial charge on any atom is -0.494 e. The minimum absolute atomic E-state index is 0.350. The van der Waals surface area contributed by atoms with Crippen LogP contribution in [-0.4, -0.2) is 25.7 Å². The van der Waals surface area contributed by atoms with Crippen LogP contribution in [0.5, 0.6) is 5.75 Å². The molecule has 0 aromatic heterocycles. The quantitative estimate of drug-likeness (QED) is 0.578. The van der Waals surface area contributed by atoms with E-state index in [1.807, 2.05) is 0 Å². The summed E-state index contributed by atoms with van der Waals surface area (Å²) in [6, 6.07) is 9.40. The van der Waals surface area contributed by atoms with Crippen molar-refractivity contribution in [3.05, 3.63) is 29.8 Å². The molecule has 0 radical (unpaired) electrons. The summed E-state index contributed by atoms with van der Waals surface area (Å²) >= 11 is 0. The van der Waals surface area contributed by atoms with Gasteiger partial charge in [-0.1, -0.05) is 45.2 Å². The van der Waals surface area contributed by atoms with Gasteiger partial charge in [-0.3, -0.25) is 5.43 Å². The van der Waals surface area contributed by atoms with Crippen molar-refractivity contribution in [1.29, 1.82) is 0 Å². The SMILES string of the molecule is CCCCCCOc1ccc(C2NNC(C)C2CNCC)cc1. The molecule has 23 heavy (non-hydrogen) atoms. The summed E-state index contributed by atoms with van der Waals surface area (Å²) in [6.45, 7) is 9.49. The molecule has 0 saturated carbocycles. The fraction of sp³-hybridized carbons (Fsp3) is 0.684. The Balaban J connectivity index is 1.85. The molecule has 3 N–H and O–H groups in total. The Bertz CT molecular complexity index is 435. The van der Waals surface area contributed by atoms with Gasteiger partial charge in [-0.2, -0.15) is 0 Å². The second kappa shape index (κ2) is 9.91. The molecule has 0 aliphatic carbocycles. The van der Waals surface area contributed by atoms with E-state index in [1.54, 1.807) is 0 Å². The molecular formula is C19H33N3O. The van der Waals surface area contributed by atoms with E-state index >= 15 is 0 Å². The number of ether oxygens (including phenoxy) is 1. The monoisotopic (exact) mass is 319 g/mol. The summed E-state index contributed by atoms with van der Waals surface area (Å²) in [6.07, 6.45) is 4.97. The first kappa shape index (κ1) is 18.2. The first-order valence-electron chi connectivity index (χ1n) is 9.20. The van der Waals surface area contributed by atoms with Crippen LogP contribution in [0.25, 0.3) is 0 Å². The zero-order chi connectivity index (χ0) is 16.5. The highest BCUT2D eigenvalue weighted by Gasteiger charge is 2.33. The van der Waals surface area contributed by atoms with Gasteiger partial charge in [-0.25, -0.2) is 5.43 Å². The van der Waals surface area contributed by atoms with Crippen LogP contribution in [0.15, 0.2) is 24.3 Å². The minimum atomic E-state index is 0.350. The number of hydrazine groups is 1. The molecule has 1 aliphatic heterocycles. The molecule has 2 rings (SSSR count). The van der Waals surface area contributed by atoms with Crippen LogP contribution in [0.3, 0.4) is 0 Å². The molecule has 1 saturated heterocycles. The van der Waals surface area contributed by atoms with Gasteiger partial charge in [0.15, 0.2) is 0 Å². The Labute approximate surface area is 141 Å². The Hall–Kier alpha value is -1.10. The molecule has 1 aromatic carbocycles. The largest absolute Gasteiger partial charge is 0.494 e. The Morgan fingerprint density at radius 3 is 2.52 bits per heavy atom. The lowest BCUT2D eigenvalue weighted by molar-refractivity contribution is 0.305. The van der Waals surface area contributed by atoms with Crippen LogP contribution < -0.4 is 20.9 Å². The number of unbranched alkanes of at least 4 members (excludes halogenated alkanes) is 3. The molecule has 4 nitrogen and oxygen atoms in total. The maximum Gasteiger partial charge on any atom is 0.119 e. The van der Waals surface area contributed by atoms with Crippen molar-refractivity contribution >= 4 is 0 Å². The Kier molecular flexibility index (Phi) is 7.86. The molecule has 1 aromatic rings. The van der Waals surface area contributed by atoms with Gasteiger partial charge in [0.2, 0.25) is 0 Å². The molecule has 0 amide bonds. The molecule has 3 atom stereocenters. The predicted octanol–water partition coefficient (Wildman–Crippen LogP) is 3.41. The van der Waals surface area contributed by atoms with Crippen LogP contribution in [-0.2, 0) is 0 Å². The van der Waals surface area contributed by atoms with E-state index in [0.717, 1.165) is 31.9 Å². The zero-order valence-electron chi connectivity index (χ0n) is 14.9. The summed E-state index contributed by atoms with van der Waals surface area (Å²) in [5.41, 5.74) is 8.13. The van der Waals surface area contributed by atoms with Crippen LogP contribution in [0.1, 0.15) is 58.1 Å². The summed E-state index contributed by atoms with van der Waals surface area (Å²) in [5, 5.41) is 3.47. The van der Waals surface area contributed by atoms with E-state index in [-0.39, 0.29) is 0 Å². The van der Waals surface area contributed by atoms with Gasteiger partial charge in [-0.15, -0.1) is 0 Å². The van der Waals surface area contributed by atoms with Crippen LogP contribution in [0, 0.1) is 5.92 Å². The standard InChI is InChI=1S/C19H33N3O/c1-4-6-7-8-13-23-17-11-9-16(10-12-17)19-18(14-20-5-2)15(3)21-22-19/h9-12,15,18-22H,4-8,13-14H2,1-3H3. The lowest BCUT2D eigenvalue weighted by atomic mass is 9.90. The normalized spacial score (nSPS) is 24.0. The first-order chi connectivity index (χ1) is 11.3. The van der Waals surface area contributed by atoms with Gasteiger partial charge in [0.1, 0.15) is 5.75 Å². The predicted molar refractivity (Wildman–Crippen MR) is 96.6 cm³/mol. The second-order valence-corrected chi connectivity index (χ2v) is 6.50. The first-order valence-corrected chi connectivity index (χ1v) is 9.20. The van der Waals surface area contributed by atoms with Crippen LogP contribution in [0.2, 0.25) is 0 Å². The summed E-state index contributed by atoms with van der Waals surface area (Å²) in [7, 11) is 0. The van der Waals surface area contributed by atoms with E-state index in [2.05, 4.69) is 61.2 Å². The smallest absolute Gasteiger partial charge is 0.119 e. The van der Waals surface area contributed by atoms with Gasteiger partial charge in [-0.05, 0) is 37.6 Å². The van der Waals surface area contributed by atoms with Crippen molar-refractivity contribution < 1.29 is 4.74 Å². The third-order valence-electron chi connectivity index (χ3n) is 4.67. The van der Waals surface area contributed by atoms with Crippen LogP contribution in [0.4, 0.5) is 0 Å². The highest BCUT2D eigenvalue weighted by molar-refractivity contribution is 5.30. The fourth-order valence-corrected chi connectivity index (χ4v) is 3.15. The number of hydrogen-bond acceptors (Lipinski definition) is 4. The van der Waals surface area contributed by atoms with E-state index < -0.39 is 0 Å². The van der Waals surface area contributed by atoms with Gasteiger partial charge < -0.3 is 10.1 Å². The number of benzene rings is 1. The van der Waals surface area contributed by atoms with Crippen molar-refractivity contribution in [1.82, 2.24) is 16.2 Å². The average Bonchev–Trinajstić information content (AvgIpc) is 2.94. The molecule has 3 unspecified atom stereocenters. The van der Waals surface area contributed by atoms with Gasteiger partial charge >= 0.3 is 0 Å². The molecule has 0 spiro atoms.